The van der Waals surface area contributed by atoms with Crippen LogP contribution >= 0.6 is 0 Å². The number of hydrogen-bond acceptors (Lipinski definition) is 3. The van der Waals surface area contributed by atoms with Gasteiger partial charge in [-0.05, 0) is 5.92 Å². The standard InChI is InChI=1S/C10H19F3N2O2/c1-8(2)7-15-9(16)3-4-14-5-6-17-10(11,12)13/h8,14H,3-7H2,1-2H3,(H,15,16). The summed E-state index contributed by atoms with van der Waals surface area (Å²) in [5.74, 6) is 0.273. The first-order valence-corrected chi connectivity index (χ1v) is 5.49. The summed E-state index contributed by atoms with van der Waals surface area (Å²) < 4.78 is 38.2. The highest BCUT2D eigenvalue weighted by Gasteiger charge is 2.28. The largest absolute Gasteiger partial charge is 0.522 e. The zero-order valence-electron chi connectivity index (χ0n) is 10.1. The highest BCUT2D eigenvalue weighted by atomic mass is 19.4. The Kier molecular flexibility index (Phi) is 7.90. The van der Waals surface area contributed by atoms with Crippen LogP contribution in [0.4, 0.5) is 13.2 Å². The lowest BCUT2D eigenvalue weighted by Gasteiger charge is -2.09. The Bertz CT molecular complexity index is 220. The van der Waals surface area contributed by atoms with Gasteiger partial charge in [0.05, 0.1) is 6.61 Å². The Labute approximate surface area is 98.9 Å². The van der Waals surface area contributed by atoms with Gasteiger partial charge >= 0.3 is 6.36 Å². The molecule has 0 saturated heterocycles. The minimum atomic E-state index is -4.59. The van der Waals surface area contributed by atoms with Crippen LogP contribution in [0.3, 0.4) is 0 Å². The molecule has 0 aliphatic rings. The number of carbonyl (C=O) groups is 1. The van der Waals surface area contributed by atoms with Crippen LogP contribution in [0.15, 0.2) is 0 Å². The van der Waals surface area contributed by atoms with Crippen molar-refractivity contribution in [1.29, 1.82) is 0 Å². The summed E-state index contributed by atoms with van der Waals surface area (Å²) in [5.41, 5.74) is 0. The lowest BCUT2D eigenvalue weighted by molar-refractivity contribution is -0.323. The van der Waals surface area contributed by atoms with Crippen molar-refractivity contribution in [3.8, 4) is 0 Å². The van der Waals surface area contributed by atoms with Gasteiger partial charge in [-0.25, -0.2) is 0 Å². The monoisotopic (exact) mass is 256 g/mol. The van der Waals surface area contributed by atoms with Gasteiger partial charge in [0.2, 0.25) is 5.91 Å². The maximum Gasteiger partial charge on any atom is 0.522 e. The number of amides is 1. The van der Waals surface area contributed by atoms with E-state index in [0.717, 1.165) is 0 Å². The first-order valence-electron chi connectivity index (χ1n) is 5.49. The topological polar surface area (TPSA) is 50.4 Å². The fourth-order valence-corrected chi connectivity index (χ4v) is 0.972. The Morgan fingerprint density at radius 3 is 2.47 bits per heavy atom. The van der Waals surface area contributed by atoms with Crippen LogP contribution in [0.2, 0.25) is 0 Å². The maximum absolute atomic E-state index is 11.6. The van der Waals surface area contributed by atoms with Gasteiger partial charge in [0.1, 0.15) is 0 Å². The number of halogens is 3. The average Bonchev–Trinajstić information content (AvgIpc) is 2.18. The van der Waals surface area contributed by atoms with E-state index in [1.165, 1.54) is 0 Å². The molecule has 0 aliphatic carbocycles. The number of ether oxygens (including phenoxy) is 1. The molecular formula is C10H19F3N2O2. The zero-order valence-corrected chi connectivity index (χ0v) is 10.1. The van der Waals surface area contributed by atoms with Crippen LogP contribution in [0.25, 0.3) is 0 Å². The maximum atomic E-state index is 11.6. The van der Waals surface area contributed by atoms with Crippen molar-refractivity contribution in [3.63, 3.8) is 0 Å². The number of rotatable bonds is 8. The van der Waals surface area contributed by atoms with E-state index >= 15 is 0 Å². The van der Waals surface area contributed by atoms with Gasteiger partial charge in [-0.3, -0.25) is 9.53 Å². The molecule has 0 unspecified atom stereocenters. The lowest BCUT2D eigenvalue weighted by atomic mass is 10.2. The van der Waals surface area contributed by atoms with Crippen LogP contribution < -0.4 is 10.6 Å². The summed E-state index contributed by atoms with van der Waals surface area (Å²) in [5, 5.41) is 5.40. The minimum absolute atomic E-state index is 0.0664. The molecule has 0 bridgehead atoms. The Balaban J connectivity index is 3.31. The average molecular weight is 256 g/mol. The molecule has 0 aromatic rings. The summed E-state index contributed by atoms with van der Waals surface area (Å²) in [7, 11) is 0. The summed E-state index contributed by atoms with van der Waals surface area (Å²) in [4.78, 5) is 11.2. The second kappa shape index (κ2) is 8.30. The van der Waals surface area contributed by atoms with Crippen LogP contribution in [-0.4, -0.2) is 38.5 Å². The molecule has 0 rings (SSSR count). The van der Waals surface area contributed by atoms with Crippen LogP contribution in [0, 0.1) is 5.92 Å². The molecule has 0 aliphatic heterocycles. The Hall–Kier alpha value is -0.820. The molecule has 0 atom stereocenters. The predicted octanol–water partition coefficient (Wildman–Crippen LogP) is 1.27. The molecule has 0 aromatic carbocycles. The van der Waals surface area contributed by atoms with E-state index in [2.05, 4.69) is 15.4 Å². The fourth-order valence-electron chi connectivity index (χ4n) is 0.972. The lowest BCUT2D eigenvalue weighted by Crippen LogP contribution is -2.31. The second-order valence-corrected chi connectivity index (χ2v) is 3.99. The zero-order chi connectivity index (χ0) is 13.3. The Morgan fingerprint density at radius 2 is 1.94 bits per heavy atom. The van der Waals surface area contributed by atoms with E-state index < -0.39 is 13.0 Å². The number of nitrogens with one attached hydrogen (secondary N) is 2. The molecule has 0 radical (unpaired) electrons. The molecule has 0 saturated carbocycles. The second-order valence-electron chi connectivity index (χ2n) is 3.99. The van der Waals surface area contributed by atoms with Crippen LogP contribution in [0.5, 0.6) is 0 Å². The van der Waals surface area contributed by atoms with Crippen molar-refractivity contribution >= 4 is 5.91 Å². The van der Waals surface area contributed by atoms with Gasteiger partial charge in [-0.15, -0.1) is 13.2 Å². The minimum Gasteiger partial charge on any atom is -0.356 e. The number of carbonyl (C=O) groups excluding carboxylic acids is 1. The van der Waals surface area contributed by atoms with Gasteiger partial charge in [0.25, 0.3) is 0 Å². The van der Waals surface area contributed by atoms with Crippen molar-refractivity contribution in [2.75, 3.05) is 26.2 Å². The van der Waals surface area contributed by atoms with Gasteiger partial charge < -0.3 is 10.6 Å². The SMILES string of the molecule is CC(C)CNC(=O)CCNCCOC(F)(F)F. The third kappa shape index (κ3) is 13.1. The highest BCUT2D eigenvalue weighted by molar-refractivity contribution is 5.76. The van der Waals surface area contributed by atoms with Crippen molar-refractivity contribution in [2.45, 2.75) is 26.6 Å². The molecule has 0 heterocycles. The van der Waals surface area contributed by atoms with Gasteiger partial charge in [-0.2, -0.15) is 0 Å². The Morgan fingerprint density at radius 1 is 1.29 bits per heavy atom. The van der Waals surface area contributed by atoms with Crippen molar-refractivity contribution < 1.29 is 22.7 Å². The highest BCUT2D eigenvalue weighted by Crippen LogP contribution is 2.14. The molecule has 1 amide bonds. The summed E-state index contributed by atoms with van der Waals surface area (Å²) in [6.07, 6.45) is -4.34. The third-order valence-corrected chi connectivity index (χ3v) is 1.78. The first kappa shape index (κ1) is 16.2. The van der Waals surface area contributed by atoms with E-state index in [9.17, 15) is 18.0 Å². The smallest absolute Gasteiger partial charge is 0.356 e. The van der Waals surface area contributed by atoms with Crippen molar-refractivity contribution in [1.82, 2.24) is 10.6 Å². The van der Waals surface area contributed by atoms with E-state index in [0.29, 0.717) is 19.0 Å². The summed E-state index contributed by atoms with van der Waals surface area (Å²) in [6, 6.07) is 0. The number of alkyl halides is 3. The van der Waals surface area contributed by atoms with E-state index in [1.54, 1.807) is 0 Å². The normalized spacial score (nSPS) is 11.9. The molecule has 0 spiro atoms. The third-order valence-electron chi connectivity index (χ3n) is 1.78. The number of hydrogen-bond donors (Lipinski definition) is 2. The van der Waals surface area contributed by atoms with E-state index in [1.807, 2.05) is 13.8 Å². The summed E-state index contributed by atoms with van der Waals surface area (Å²) >= 11 is 0. The molecule has 7 heteroatoms. The summed E-state index contributed by atoms with van der Waals surface area (Å²) in [6.45, 7) is 4.52. The quantitative estimate of drug-likeness (QED) is 0.643. The molecule has 4 nitrogen and oxygen atoms in total. The molecule has 17 heavy (non-hydrogen) atoms. The van der Waals surface area contributed by atoms with Crippen molar-refractivity contribution in [2.24, 2.45) is 5.92 Å². The molecule has 0 aromatic heterocycles. The van der Waals surface area contributed by atoms with Gasteiger partial charge in [-0.1, -0.05) is 13.8 Å². The first-order chi connectivity index (χ1) is 7.81. The van der Waals surface area contributed by atoms with Crippen LogP contribution in [0.1, 0.15) is 20.3 Å². The van der Waals surface area contributed by atoms with Gasteiger partial charge in [0, 0.05) is 26.1 Å². The molecule has 102 valence electrons. The van der Waals surface area contributed by atoms with E-state index in [4.69, 9.17) is 0 Å². The van der Waals surface area contributed by atoms with Gasteiger partial charge in [0.15, 0.2) is 0 Å². The van der Waals surface area contributed by atoms with Crippen LogP contribution in [-0.2, 0) is 9.53 Å². The fraction of sp³-hybridized carbons (Fsp3) is 0.900. The molecule has 2 N–H and O–H groups in total. The molecule has 0 fully saturated rings. The molecular weight excluding hydrogens is 237 g/mol. The predicted molar refractivity (Wildman–Crippen MR) is 57.3 cm³/mol. The van der Waals surface area contributed by atoms with E-state index in [-0.39, 0.29) is 18.9 Å². The van der Waals surface area contributed by atoms with Crippen molar-refractivity contribution in [3.05, 3.63) is 0 Å².